The second-order valence-electron chi connectivity index (χ2n) is 5.08. The highest BCUT2D eigenvalue weighted by Crippen LogP contribution is 2.24. The van der Waals surface area contributed by atoms with Crippen molar-refractivity contribution in [1.29, 1.82) is 0 Å². The lowest BCUT2D eigenvalue weighted by Gasteiger charge is -2.23. The number of halogens is 1. The third-order valence-electron chi connectivity index (χ3n) is 3.11. The Bertz CT molecular complexity index is 713. The van der Waals surface area contributed by atoms with Gasteiger partial charge in [0.1, 0.15) is 10.7 Å². The molecular formula is C15H15ClN2O3. The van der Waals surface area contributed by atoms with Gasteiger partial charge in [0.15, 0.2) is 0 Å². The lowest BCUT2D eigenvalue weighted by atomic mass is 10.0. The van der Waals surface area contributed by atoms with Gasteiger partial charge in [-0.25, -0.2) is 9.78 Å². The fraction of sp³-hybridized carbons (Fsp3) is 0.267. The molecule has 2 aromatic rings. The van der Waals surface area contributed by atoms with Crippen molar-refractivity contribution in [1.82, 2.24) is 10.3 Å². The Balaban J connectivity index is 2.41. The maximum atomic E-state index is 12.4. The molecule has 0 aliphatic heterocycles. The van der Waals surface area contributed by atoms with Crippen LogP contribution in [0, 0.1) is 0 Å². The van der Waals surface area contributed by atoms with Gasteiger partial charge in [-0.2, -0.15) is 0 Å². The lowest BCUT2D eigenvalue weighted by molar-refractivity contribution is -0.146. The van der Waals surface area contributed by atoms with E-state index in [1.807, 2.05) is 6.07 Å². The van der Waals surface area contributed by atoms with Crippen LogP contribution < -0.4 is 5.32 Å². The molecule has 0 saturated carbocycles. The van der Waals surface area contributed by atoms with Gasteiger partial charge >= 0.3 is 5.97 Å². The van der Waals surface area contributed by atoms with Gasteiger partial charge in [0, 0.05) is 11.6 Å². The van der Waals surface area contributed by atoms with Crippen LogP contribution >= 0.6 is 11.6 Å². The molecule has 0 aliphatic carbocycles. The number of rotatable bonds is 3. The van der Waals surface area contributed by atoms with E-state index in [1.54, 1.807) is 32.0 Å². The number of carbonyl (C=O) groups is 2. The van der Waals surface area contributed by atoms with E-state index < -0.39 is 17.4 Å². The number of hydrogen-bond acceptors (Lipinski definition) is 4. The number of esters is 1. The summed E-state index contributed by atoms with van der Waals surface area (Å²) in [6, 6.07) is 7.19. The summed E-state index contributed by atoms with van der Waals surface area (Å²) < 4.78 is 4.67. The molecule has 1 aromatic heterocycles. The smallest absolute Gasteiger partial charge is 0.330 e. The molecule has 0 atom stereocenters. The monoisotopic (exact) mass is 306 g/mol. The maximum Gasteiger partial charge on any atom is 0.330 e. The van der Waals surface area contributed by atoms with E-state index in [-0.39, 0.29) is 0 Å². The number of benzene rings is 1. The first-order valence-corrected chi connectivity index (χ1v) is 6.69. The van der Waals surface area contributed by atoms with Gasteiger partial charge in [-0.05, 0) is 19.2 Å². The van der Waals surface area contributed by atoms with Gasteiger partial charge in [0.2, 0.25) is 0 Å². The van der Waals surface area contributed by atoms with E-state index in [4.69, 9.17) is 11.6 Å². The highest BCUT2D eigenvalue weighted by atomic mass is 35.5. The minimum atomic E-state index is -1.13. The molecule has 6 heteroatoms. The van der Waals surface area contributed by atoms with Crippen LogP contribution in [0.3, 0.4) is 0 Å². The van der Waals surface area contributed by atoms with Crippen LogP contribution in [0.5, 0.6) is 0 Å². The molecule has 21 heavy (non-hydrogen) atoms. The molecule has 0 saturated heterocycles. The van der Waals surface area contributed by atoms with E-state index in [9.17, 15) is 9.59 Å². The Morgan fingerprint density at radius 2 is 1.86 bits per heavy atom. The molecule has 0 fully saturated rings. The average Bonchev–Trinajstić information content (AvgIpc) is 2.46. The summed E-state index contributed by atoms with van der Waals surface area (Å²) in [6.07, 6.45) is 1.40. The van der Waals surface area contributed by atoms with Gasteiger partial charge in [-0.15, -0.1) is 0 Å². The van der Waals surface area contributed by atoms with Crippen LogP contribution in [0.4, 0.5) is 0 Å². The van der Waals surface area contributed by atoms with Gasteiger partial charge in [-0.3, -0.25) is 4.79 Å². The second kappa shape index (κ2) is 5.69. The Labute approximate surface area is 127 Å². The van der Waals surface area contributed by atoms with Crippen molar-refractivity contribution < 1.29 is 14.3 Å². The van der Waals surface area contributed by atoms with Crippen molar-refractivity contribution in [2.45, 2.75) is 19.4 Å². The second-order valence-corrected chi connectivity index (χ2v) is 5.44. The number of aromatic nitrogens is 1. The van der Waals surface area contributed by atoms with Crippen molar-refractivity contribution >= 4 is 34.2 Å². The summed E-state index contributed by atoms with van der Waals surface area (Å²) in [5.41, 5.74) is -0.779. The Kier molecular flexibility index (Phi) is 4.14. The van der Waals surface area contributed by atoms with Crippen molar-refractivity contribution in [3.8, 4) is 0 Å². The van der Waals surface area contributed by atoms with Gasteiger partial charge in [-0.1, -0.05) is 35.9 Å². The van der Waals surface area contributed by atoms with E-state index in [2.05, 4.69) is 15.0 Å². The average molecular weight is 307 g/mol. The van der Waals surface area contributed by atoms with Gasteiger partial charge in [0.05, 0.1) is 12.7 Å². The minimum absolute atomic E-state index is 0.328. The summed E-state index contributed by atoms with van der Waals surface area (Å²) in [6.45, 7) is 3.14. The van der Waals surface area contributed by atoms with E-state index in [1.165, 1.54) is 13.3 Å². The quantitative estimate of drug-likeness (QED) is 0.699. The first-order chi connectivity index (χ1) is 9.86. The van der Waals surface area contributed by atoms with Gasteiger partial charge < -0.3 is 10.1 Å². The number of nitrogens with zero attached hydrogens (tertiary/aromatic N) is 1. The molecule has 5 nitrogen and oxygen atoms in total. The first-order valence-electron chi connectivity index (χ1n) is 6.31. The SMILES string of the molecule is COC(=O)C(C)(C)NC(=O)c1cnc(Cl)c2ccccc12. The van der Waals surface area contributed by atoms with Crippen molar-refractivity contribution in [3.05, 3.63) is 41.2 Å². The molecule has 1 amide bonds. The largest absolute Gasteiger partial charge is 0.467 e. The zero-order chi connectivity index (χ0) is 15.6. The zero-order valence-electron chi connectivity index (χ0n) is 11.9. The third-order valence-corrected chi connectivity index (χ3v) is 3.41. The lowest BCUT2D eigenvalue weighted by Crippen LogP contribution is -2.50. The normalized spacial score (nSPS) is 11.2. The number of ether oxygens (including phenoxy) is 1. The number of fused-ring (bicyclic) bond motifs is 1. The number of nitrogens with one attached hydrogen (secondary N) is 1. The van der Waals surface area contributed by atoms with Crippen molar-refractivity contribution in [2.75, 3.05) is 7.11 Å². The summed E-state index contributed by atoms with van der Waals surface area (Å²) in [5.74, 6) is -0.937. The van der Waals surface area contributed by atoms with Crippen molar-refractivity contribution in [2.24, 2.45) is 0 Å². The fourth-order valence-electron chi connectivity index (χ4n) is 2.00. The summed E-state index contributed by atoms with van der Waals surface area (Å²) in [4.78, 5) is 28.1. The Hall–Kier alpha value is -2.14. The van der Waals surface area contributed by atoms with Gasteiger partial charge in [0.25, 0.3) is 5.91 Å². The highest BCUT2D eigenvalue weighted by molar-refractivity contribution is 6.34. The van der Waals surface area contributed by atoms with Crippen molar-refractivity contribution in [3.63, 3.8) is 0 Å². The number of pyridine rings is 1. The standard InChI is InChI=1S/C15H15ClN2O3/c1-15(2,14(20)21-3)18-13(19)11-8-17-12(16)10-7-5-4-6-9(10)11/h4-8H,1-3H3,(H,18,19). The van der Waals surface area contributed by atoms with E-state index >= 15 is 0 Å². The molecule has 1 aromatic carbocycles. The number of hydrogen-bond donors (Lipinski definition) is 1. The van der Waals surface area contributed by atoms with Crippen LogP contribution in [0.1, 0.15) is 24.2 Å². The summed E-state index contributed by atoms with van der Waals surface area (Å²) in [7, 11) is 1.27. The number of amides is 1. The predicted octanol–water partition coefficient (Wildman–Crippen LogP) is 2.57. The Morgan fingerprint density at radius 1 is 1.24 bits per heavy atom. The molecule has 0 aliphatic rings. The summed E-state index contributed by atoms with van der Waals surface area (Å²) >= 11 is 6.02. The molecular weight excluding hydrogens is 292 g/mol. The zero-order valence-corrected chi connectivity index (χ0v) is 12.7. The Morgan fingerprint density at radius 3 is 2.48 bits per heavy atom. The first kappa shape index (κ1) is 15.3. The molecule has 2 rings (SSSR count). The molecule has 110 valence electrons. The number of methoxy groups -OCH3 is 1. The van der Waals surface area contributed by atoms with Crippen LogP contribution in [-0.2, 0) is 9.53 Å². The maximum absolute atomic E-state index is 12.4. The summed E-state index contributed by atoms with van der Waals surface area (Å²) in [5, 5.41) is 4.33. The minimum Gasteiger partial charge on any atom is -0.467 e. The molecule has 1 heterocycles. The molecule has 1 N–H and O–H groups in total. The molecule has 0 radical (unpaired) electrons. The predicted molar refractivity (Wildman–Crippen MR) is 80.3 cm³/mol. The topological polar surface area (TPSA) is 68.3 Å². The van der Waals surface area contributed by atoms with Crippen LogP contribution in [0.25, 0.3) is 10.8 Å². The van der Waals surface area contributed by atoms with E-state index in [0.717, 1.165) is 0 Å². The fourth-order valence-corrected chi connectivity index (χ4v) is 2.21. The molecule has 0 spiro atoms. The van der Waals surface area contributed by atoms with Crippen LogP contribution in [0.2, 0.25) is 5.15 Å². The molecule has 0 unspecified atom stereocenters. The molecule has 0 bridgehead atoms. The van der Waals surface area contributed by atoms with Crippen LogP contribution in [0.15, 0.2) is 30.5 Å². The highest BCUT2D eigenvalue weighted by Gasteiger charge is 2.31. The van der Waals surface area contributed by atoms with Crippen LogP contribution in [-0.4, -0.2) is 29.5 Å². The number of carbonyl (C=O) groups excluding carboxylic acids is 2. The third kappa shape index (κ3) is 2.97. The van der Waals surface area contributed by atoms with E-state index in [0.29, 0.717) is 21.5 Å².